The fourth-order valence-corrected chi connectivity index (χ4v) is 6.51. The van der Waals surface area contributed by atoms with E-state index in [-0.39, 0.29) is 5.91 Å². The number of amides is 1. The Bertz CT molecular complexity index is 1210. The molecule has 2 aromatic carbocycles. The molecule has 1 N–H and O–H groups in total. The van der Waals surface area contributed by atoms with Crippen LogP contribution >= 0.6 is 23.4 Å². The molecule has 3 heterocycles. The zero-order valence-corrected chi connectivity index (χ0v) is 24.1. The van der Waals surface area contributed by atoms with Crippen LogP contribution in [0.1, 0.15) is 53.6 Å². The molecule has 1 amide bonds. The van der Waals surface area contributed by atoms with E-state index < -0.39 is 0 Å². The van der Waals surface area contributed by atoms with Gasteiger partial charge in [-0.25, -0.2) is 9.97 Å². The zero-order valence-electron chi connectivity index (χ0n) is 22.5. The molecule has 0 saturated carbocycles. The SMILES string of the molecule is O=C(NCCN1CCCCC1)c1cccc(CSc2nc(Cl)cc(N3CCC(Cc4ccccc4)CC3)n2)c1. The predicted octanol–water partition coefficient (Wildman–Crippen LogP) is 6.10. The molecule has 2 fully saturated rings. The fourth-order valence-electron chi connectivity index (χ4n) is 5.49. The Hall–Kier alpha value is -2.61. The lowest BCUT2D eigenvalue weighted by Crippen LogP contribution is -2.37. The van der Waals surface area contributed by atoms with Crippen molar-refractivity contribution in [1.29, 1.82) is 0 Å². The summed E-state index contributed by atoms with van der Waals surface area (Å²) in [6.45, 7) is 5.83. The number of likely N-dealkylation sites (tertiary alicyclic amines) is 1. The fraction of sp³-hybridized carbons (Fsp3) is 0.452. The number of hydrogen-bond acceptors (Lipinski definition) is 6. The maximum absolute atomic E-state index is 12.7. The van der Waals surface area contributed by atoms with E-state index in [4.69, 9.17) is 16.6 Å². The first-order chi connectivity index (χ1) is 19.1. The summed E-state index contributed by atoms with van der Waals surface area (Å²) >= 11 is 7.96. The van der Waals surface area contributed by atoms with Gasteiger partial charge in [-0.15, -0.1) is 0 Å². The third kappa shape index (κ3) is 8.44. The average molecular weight is 564 g/mol. The number of thioether (sulfide) groups is 1. The van der Waals surface area contributed by atoms with Crippen LogP contribution in [0.25, 0.3) is 0 Å². The van der Waals surface area contributed by atoms with Gasteiger partial charge in [0.2, 0.25) is 0 Å². The minimum Gasteiger partial charge on any atom is -0.356 e. The van der Waals surface area contributed by atoms with Crippen LogP contribution in [-0.4, -0.2) is 60.0 Å². The minimum absolute atomic E-state index is 0.0178. The van der Waals surface area contributed by atoms with E-state index in [0.29, 0.717) is 34.1 Å². The largest absolute Gasteiger partial charge is 0.356 e. The van der Waals surface area contributed by atoms with Crippen LogP contribution in [0.3, 0.4) is 0 Å². The lowest BCUT2D eigenvalue weighted by Gasteiger charge is -2.33. The predicted molar refractivity (Wildman–Crippen MR) is 161 cm³/mol. The summed E-state index contributed by atoms with van der Waals surface area (Å²) in [6.07, 6.45) is 7.27. The molecule has 0 bridgehead atoms. The molecule has 206 valence electrons. The van der Waals surface area contributed by atoms with Gasteiger partial charge in [-0.3, -0.25) is 4.79 Å². The van der Waals surface area contributed by atoms with Crippen molar-refractivity contribution in [3.63, 3.8) is 0 Å². The second-order valence-electron chi connectivity index (χ2n) is 10.6. The van der Waals surface area contributed by atoms with Gasteiger partial charge in [0.1, 0.15) is 11.0 Å². The van der Waals surface area contributed by atoms with Crippen LogP contribution in [0, 0.1) is 5.92 Å². The molecule has 6 nitrogen and oxygen atoms in total. The summed E-state index contributed by atoms with van der Waals surface area (Å²) in [5, 5.41) is 4.22. The van der Waals surface area contributed by atoms with Crippen molar-refractivity contribution in [1.82, 2.24) is 20.2 Å². The van der Waals surface area contributed by atoms with Gasteiger partial charge < -0.3 is 15.1 Å². The van der Waals surface area contributed by atoms with E-state index in [1.807, 2.05) is 30.3 Å². The topological polar surface area (TPSA) is 61.4 Å². The smallest absolute Gasteiger partial charge is 0.251 e. The van der Waals surface area contributed by atoms with Gasteiger partial charge in [0.15, 0.2) is 5.16 Å². The van der Waals surface area contributed by atoms with E-state index in [2.05, 4.69) is 50.4 Å². The number of aromatic nitrogens is 2. The van der Waals surface area contributed by atoms with Gasteiger partial charge in [0.25, 0.3) is 5.91 Å². The third-order valence-corrected chi connectivity index (χ3v) is 8.80. The normalized spacial score (nSPS) is 16.8. The maximum atomic E-state index is 12.7. The minimum atomic E-state index is -0.0178. The van der Waals surface area contributed by atoms with Gasteiger partial charge >= 0.3 is 0 Å². The Balaban J connectivity index is 1.11. The number of hydrogen-bond donors (Lipinski definition) is 1. The second-order valence-corrected chi connectivity index (χ2v) is 11.9. The van der Waals surface area contributed by atoms with Crippen LogP contribution in [0.5, 0.6) is 0 Å². The first-order valence-electron chi connectivity index (χ1n) is 14.2. The first kappa shape index (κ1) is 27.9. The van der Waals surface area contributed by atoms with Crippen LogP contribution < -0.4 is 10.2 Å². The molecule has 0 spiro atoms. The standard InChI is InChI=1S/C31H38ClN5OS/c32-28-22-29(37-17-12-25(13-18-37)20-24-8-3-1-4-9-24)35-31(34-28)39-23-26-10-7-11-27(21-26)30(38)33-14-19-36-15-5-2-6-16-36/h1,3-4,7-11,21-22,25H,2,5-6,12-20,23H2,(H,33,38). The number of benzene rings is 2. The number of rotatable bonds is 10. The molecule has 0 aliphatic carbocycles. The molecule has 0 atom stereocenters. The van der Waals surface area contributed by atoms with Crippen molar-refractivity contribution < 1.29 is 4.79 Å². The molecule has 2 aliphatic rings. The quantitative estimate of drug-likeness (QED) is 0.183. The molecule has 39 heavy (non-hydrogen) atoms. The summed E-state index contributed by atoms with van der Waals surface area (Å²) in [4.78, 5) is 26.8. The van der Waals surface area contributed by atoms with E-state index in [1.165, 1.54) is 24.8 Å². The Morgan fingerprint density at radius 2 is 1.69 bits per heavy atom. The number of anilines is 1. The number of halogens is 1. The third-order valence-electron chi connectivity index (χ3n) is 7.69. The number of carbonyl (C=O) groups excluding carboxylic acids is 1. The summed E-state index contributed by atoms with van der Waals surface area (Å²) in [6, 6.07) is 20.5. The molecule has 2 saturated heterocycles. The lowest BCUT2D eigenvalue weighted by atomic mass is 9.90. The molecular formula is C31H38ClN5OS. The van der Waals surface area contributed by atoms with Gasteiger partial charge in [-0.1, -0.05) is 72.2 Å². The van der Waals surface area contributed by atoms with Crippen molar-refractivity contribution >= 4 is 35.1 Å². The summed E-state index contributed by atoms with van der Waals surface area (Å²) in [5.74, 6) is 2.26. The van der Waals surface area contributed by atoms with Crippen LogP contribution in [0.2, 0.25) is 5.15 Å². The molecule has 3 aromatic rings. The van der Waals surface area contributed by atoms with Crippen LogP contribution in [0.4, 0.5) is 5.82 Å². The maximum Gasteiger partial charge on any atom is 0.251 e. The Kier molecular flexibility index (Phi) is 10.1. The van der Waals surface area contributed by atoms with Crippen LogP contribution in [0.15, 0.2) is 65.8 Å². The molecule has 2 aliphatic heterocycles. The number of carbonyl (C=O) groups is 1. The zero-order chi connectivity index (χ0) is 26.9. The molecule has 1 aromatic heterocycles. The Morgan fingerprint density at radius 1 is 0.923 bits per heavy atom. The summed E-state index contributed by atoms with van der Waals surface area (Å²) in [7, 11) is 0. The van der Waals surface area contributed by atoms with Crippen molar-refractivity contribution in [2.24, 2.45) is 5.92 Å². The summed E-state index contributed by atoms with van der Waals surface area (Å²) in [5.41, 5.74) is 3.17. The highest BCUT2D eigenvalue weighted by Gasteiger charge is 2.21. The van der Waals surface area contributed by atoms with Gasteiger partial charge in [0.05, 0.1) is 0 Å². The number of nitrogens with zero attached hydrogens (tertiary/aromatic N) is 4. The molecule has 0 radical (unpaired) electrons. The lowest BCUT2D eigenvalue weighted by molar-refractivity contribution is 0.0946. The van der Waals surface area contributed by atoms with Crippen molar-refractivity contribution in [2.75, 3.05) is 44.2 Å². The highest BCUT2D eigenvalue weighted by molar-refractivity contribution is 7.98. The van der Waals surface area contributed by atoms with E-state index >= 15 is 0 Å². The molecule has 0 unspecified atom stereocenters. The number of nitrogens with one attached hydrogen (secondary N) is 1. The Labute approximate surface area is 241 Å². The second kappa shape index (κ2) is 14.1. The van der Waals surface area contributed by atoms with E-state index in [9.17, 15) is 4.79 Å². The van der Waals surface area contributed by atoms with Crippen molar-refractivity contribution in [3.05, 3.63) is 82.5 Å². The van der Waals surface area contributed by atoms with Gasteiger partial charge in [0, 0.05) is 43.6 Å². The van der Waals surface area contributed by atoms with Gasteiger partial charge in [-0.2, -0.15) is 0 Å². The van der Waals surface area contributed by atoms with Crippen LogP contribution in [-0.2, 0) is 12.2 Å². The highest BCUT2D eigenvalue weighted by atomic mass is 35.5. The molecule has 5 rings (SSSR count). The van der Waals surface area contributed by atoms with Gasteiger partial charge in [-0.05, 0) is 74.4 Å². The van der Waals surface area contributed by atoms with Crippen molar-refractivity contribution in [3.8, 4) is 0 Å². The highest BCUT2D eigenvalue weighted by Crippen LogP contribution is 2.29. The molecular weight excluding hydrogens is 526 g/mol. The first-order valence-corrected chi connectivity index (χ1v) is 15.5. The molecule has 8 heteroatoms. The Morgan fingerprint density at radius 3 is 2.49 bits per heavy atom. The monoisotopic (exact) mass is 563 g/mol. The van der Waals surface area contributed by atoms with Crippen molar-refractivity contribution in [2.45, 2.75) is 49.4 Å². The van der Waals surface area contributed by atoms with E-state index in [0.717, 1.165) is 63.4 Å². The number of piperidine rings is 2. The van der Waals surface area contributed by atoms with E-state index in [1.54, 1.807) is 11.8 Å². The average Bonchev–Trinajstić information content (AvgIpc) is 2.97. The summed E-state index contributed by atoms with van der Waals surface area (Å²) < 4.78 is 0.